The largest absolute Gasteiger partial charge is 0.481 e. The number of hydrogen-bond donors (Lipinski definition) is 6. The SMILES string of the molecule is CCC(C)C(NC(=O)C(C)N)C(=O)NC(CCC(=O)O)C(=O)NC(CC(C)C)C(=O)O. The second-order valence-electron chi connectivity index (χ2n) is 8.18. The molecule has 11 nitrogen and oxygen atoms in total. The average Bonchev–Trinajstić information content (AvgIpc) is 2.66. The summed E-state index contributed by atoms with van der Waals surface area (Å²) in [5.74, 6) is -4.74. The lowest BCUT2D eigenvalue weighted by molar-refractivity contribution is -0.143. The Labute approximate surface area is 182 Å². The Morgan fingerprint density at radius 2 is 1.39 bits per heavy atom. The molecule has 7 N–H and O–H groups in total. The van der Waals surface area contributed by atoms with Crippen LogP contribution in [0.1, 0.15) is 60.3 Å². The lowest BCUT2D eigenvalue weighted by Gasteiger charge is -2.27. The summed E-state index contributed by atoms with van der Waals surface area (Å²) in [5.41, 5.74) is 5.55. The third kappa shape index (κ3) is 10.8. The van der Waals surface area contributed by atoms with Crippen LogP contribution in [-0.2, 0) is 24.0 Å². The molecule has 0 heterocycles. The minimum Gasteiger partial charge on any atom is -0.481 e. The minimum atomic E-state index is -1.28. The van der Waals surface area contributed by atoms with Gasteiger partial charge in [0.25, 0.3) is 0 Å². The molecule has 0 aromatic rings. The van der Waals surface area contributed by atoms with Gasteiger partial charge in [0.15, 0.2) is 0 Å². The molecular formula is C20H36N4O7. The smallest absolute Gasteiger partial charge is 0.326 e. The maximum absolute atomic E-state index is 12.8. The molecule has 0 spiro atoms. The van der Waals surface area contributed by atoms with Crippen molar-refractivity contribution in [3.63, 3.8) is 0 Å². The molecule has 11 heteroatoms. The number of aliphatic carboxylic acids is 2. The van der Waals surface area contributed by atoms with E-state index in [0.717, 1.165) is 0 Å². The van der Waals surface area contributed by atoms with Gasteiger partial charge in [-0.05, 0) is 31.6 Å². The van der Waals surface area contributed by atoms with Gasteiger partial charge in [-0.25, -0.2) is 4.79 Å². The zero-order chi connectivity index (χ0) is 24.3. The number of nitrogens with two attached hydrogens (primary N) is 1. The van der Waals surface area contributed by atoms with Crippen molar-refractivity contribution in [3.8, 4) is 0 Å². The van der Waals surface area contributed by atoms with Gasteiger partial charge in [-0.2, -0.15) is 0 Å². The van der Waals surface area contributed by atoms with Crippen molar-refractivity contribution in [1.29, 1.82) is 0 Å². The van der Waals surface area contributed by atoms with Crippen molar-refractivity contribution in [1.82, 2.24) is 16.0 Å². The third-order valence-corrected chi connectivity index (χ3v) is 4.81. The summed E-state index contributed by atoms with van der Waals surface area (Å²) in [6.07, 6.45) is 0.0509. The molecule has 5 atom stereocenters. The third-order valence-electron chi connectivity index (χ3n) is 4.81. The molecule has 0 aromatic carbocycles. The first-order chi connectivity index (χ1) is 14.3. The predicted molar refractivity (Wildman–Crippen MR) is 113 cm³/mol. The molecule has 178 valence electrons. The van der Waals surface area contributed by atoms with E-state index < -0.39 is 60.2 Å². The van der Waals surface area contributed by atoms with Crippen LogP contribution in [0.25, 0.3) is 0 Å². The predicted octanol–water partition coefficient (Wildman–Crippen LogP) is -0.170. The van der Waals surface area contributed by atoms with Crippen LogP contribution in [0, 0.1) is 11.8 Å². The maximum atomic E-state index is 12.8. The number of carbonyl (C=O) groups is 5. The fraction of sp³-hybridized carbons (Fsp3) is 0.750. The molecule has 0 saturated heterocycles. The van der Waals surface area contributed by atoms with Crippen molar-refractivity contribution < 1.29 is 34.2 Å². The first-order valence-electron chi connectivity index (χ1n) is 10.4. The Bertz CT molecular complexity index is 651. The van der Waals surface area contributed by atoms with Gasteiger partial charge in [0.1, 0.15) is 18.1 Å². The molecule has 31 heavy (non-hydrogen) atoms. The zero-order valence-electron chi connectivity index (χ0n) is 18.8. The topological polar surface area (TPSA) is 188 Å². The summed E-state index contributed by atoms with van der Waals surface area (Å²) < 4.78 is 0. The summed E-state index contributed by atoms with van der Waals surface area (Å²) >= 11 is 0. The first kappa shape index (κ1) is 28.3. The van der Waals surface area contributed by atoms with E-state index in [-0.39, 0.29) is 24.7 Å². The van der Waals surface area contributed by atoms with Crippen LogP contribution in [0.2, 0.25) is 0 Å². The Morgan fingerprint density at radius 1 is 0.839 bits per heavy atom. The van der Waals surface area contributed by atoms with E-state index in [1.165, 1.54) is 6.92 Å². The Morgan fingerprint density at radius 3 is 1.81 bits per heavy atom. The van der Waals surface area contributed by atoms with Crippen molar-refractivity contribution in [2.45, 2.75) is 84.5 Å². The standard InChI is InChI=1S/C20H36N4O7/c1-6-11(4)16(24-17(27)12(5)21)19(29)22-13(7-8-15(25)26)18(28)23-14(20(30)31)9-10(2)3/h10-14,16H,6-9,21H2,1-5H3,(H,22,29)(H,23,28)(H,24,27)(H,25,26)(H,30,31). The number of nitrogens with one attached hydrogen (secondary N) is 3. The average molecular weight is 445 g/mol. The second kappa shape index (κ2) is 13.6. The molecule has 5 unspecified atom stereocenters. The normalized spacial score (nSPS) is 15.8. The first-order valence-corrected chi connectivity index (χ1v) is 10.4. The van der Waals surface area contributed by atoms with Gasteiger partial charge >= 0.3 is 11.9 Å². The lowest BCUT2D eigenvalue weighted by atomic mass is 9.97. The van der Waals surface area contributed by atoms with E-state index in [9.17, 15) is 29.1 Å². The molecule has 0 aliphatic rings. The van der Waals surface area contributed by atoms with Crippen LogP contribution in [0.15, 0.2) is 0 Å². The van der Waals surface area contributed by atoms with E-state index in [1.807, 2.05) is 6.92 Å². The highest BCUT2D eigenvalue weighted by Gasteiger charge is 2.32. The molecule has 0 aliphatic heterocycles. The van der Waals surface area contributed by atoms with Gasteiger partial charge < -0.3 is 31.9 Å². The van der Waals surface area contributed by atoms with Crippen LogP contribution < -0.4 is 21.7 Å². The van der Waals surface area contributed by atoms with Gasteiger partial charge in [-0.1, -0.05) is 34.1 Å². The molecule has 0 aliphatic carbocycles. The lowest BCUT2D eigenvalue weighted by Crippen LogP contribution is -2.58. The minimum absolute atomic E-state index is 0.0169. The number of hydrogen-bond acceptors (Lipinski definition) is 6. The van der Waals surface area contributed by atoms with Crippen LogP contribution in [0.5, 0.6) is 0 Å². The fourth-order valence-corrected chi connectivity index (χ4v) is 2.75. The Balaban J connectivity index is 5.55. The molecule has 3 amide bonds. The monoisotopic (exact) mass is 444 g/mol. The number of rotatable bonds is 14. The van der Waals surface area contributed by atoms with E-state index in [1.54, 1.807) is 20.8 Å². The second-order valence-corrected chi connectivity index (χ2v) is 8.18. The summed E-state index contributed by atoms with van der Waals surface area (Å²) in [4.78, 5) is 60.0. The van der Waals surface area contributed by atoms with Crippen molar-refractivity contribution >= 4 is 29.7 Å². The number of carboxylic acids is 2. The van der Waals surface area contributed by atoms with E-state index in [0.29, 0.717) is 6.42 Å². The zero-order valence-corrected chi connectivity index (χ0v) is 18.8. The Hall–Kier alpha value is -2.69. The molecular weight excluding hydrogens is 408 g/mol. The highest BCUT2D eigenvalue weighted by atomic mass is 16.4. The quantitative estimate of drug-likeness (QED) is 0.213. The van der Waals surface area contributed by atoms with Crippen LogP contribution in [0.3, 0.4) is 0 Å². The van der Waals surface area contributed by atoms with Crippen molar-refractivity contribution in [3.05, 3.63) is 0 Å². The van der Waals surface area contributed by atoms with Crippen LogP contribution in [-0.4, -0.2) is 64.0 Å². The van der Waals surface area contributed by atoms with E-state index >= 15 is 0 Å². The van der Waals surface area contributed by atoms with Crippen molar-refractivity contribution in [2.24, 2.45) is 17.6 Å². The van der Waals surface area contributed by atoms with E-state index in [2.05, 4.69) is 16.0 Å². The fourth-order valence-electron chi connectivity index (χ4n) is 2.75. The highest BCUT2D eigenvalue weighted by Crippen LogP contribution is 2.11. The molecule has 0 bridgehead atoms. The molecule has 0 fully saturated rings. The molecule has 0 rings (SSSR count). The van der Waals surface area contributed by atoms with Gasteiger partial charge in [-0.15, -0.1) is 0 Å². The molecule has 0 aromatic heterocycles. The Kier molecular flexibility index (Phi) is 12.4. The van der Waals surface area contributed by atoms with Crippen molar-refractivity contribution in [2.75, 3.05) is 0 Å². The van der Waals surface area contributed by atoms with E-state index in [4.69, 9.17) is 10.8 Å². The number of carboxylic acid groups (broad SMARTS) is 2. The van der Waals surface area contributed by atoms with Gasteiger partial charge in [0.05, 0.1) is 6.04 Å². The number of amides is 3. The summed E-state index contributed by atoms with van der Waals surface area (Å²) in [7, 11) is 0. The van der Waals surface area contributed by atoms with Gasteiger partial charge in [0, 0.05) is 6.42 Å². The van der Waals surface area contributed by atoms with Gasteiger partial charge in [-0.3, -0.25) is 19.2 Å². The van der Waals surface area contributed by atoms with Crippen LogP contribution >= 0.6 is 0 Å². The highest BCUT2D eigenvalue weighted by molar-refractivity contribution is 5.94. The maximum Gasteiger partial charge on any atom is 0.326 e. The molecule has 0 radical (unpaired) electrons. The summed E-state index contributed by atoms with van der Waals surface area (Å²) in [5, 5.41) is 25.7. The molecule has 0 saturated carbocycles. The summed E-state index contributed by atoms with van der Waals surface area (Å²) in [6.45, 7) is 8.61. The summed E-state index contributed by atoms with van der Waals surface area (Å²) in [6, 6.07) is -4.30. The number of carbonyl (C=O) groups excluding carboxylic acids is 3. The van der Waals surface area contributed by atoms with Crippen LogP contribution in [0.4, 0.5) is 0 Å². The van der Waals surface area contributed by atoms with Gasteiger partial charge in [0.2, 0.25) is 17.7 Å².